The Labute approximate surface area is 115 Å². The highest BCUT2D eigenvalue weighted by Gasteiger charge is 2.49. The molecule has 3 unspecified atom stereocenters. The molecule has 1 aromatic rings. The minimum absolute atomic E-state index is 0.283. The molecule has 0 radical (unpaired) electrons. The number of carboxylic acids is 1. The van der Waals surface area contributed by atoms with Gasteiger partial charge in [-0.05, 0) is 31.0 Å². The lowest BCUT2D eigenvalue weighted by Crippen LogP contribution is -2.32. The molecule has 1 N–H and O–H groups in total. The van der Waals surface area contributed by atoms with Gasteiger partial charge in [-0.2, -0.15) is 0 Å². The minimum atomic E-state index is -0.975. The lowest BCUT2D eigenvalue weighted by atomic mass is 10.1. The van der Waals surface area contributed by atoms with Crippen molar-refractivity contribution in [3.05, 3.63) is 35.4 Å². The van der Waals surface area contributed by atoms with Gasteiger partial charge in [-0.15, -0.1) is 0 Å². The van der Waals surface area contributed by atoms with Gasteiger partial charge < -0.3 is 10.0 Å². The van der Waals surface area contributed by atoms with E-state index in [9.17, 15) is 18.4 Å². The molecule has 2 rings (SSSR count). The second-order valence-corrected chi connectivity index (χ2v) is 5.09. The second-order valence-electron chi connectivity index (χ2n) is 5.09. The van der Waals surface area contributed by atoms with Gasteiger partial charge in [0.05, 0.1) is 17.9 Å². The maximum absolute atomic E-state index is 13.2. The van der Waals surface area contributed by atoms with Crippen LogP contribution in [0, 0.1) is 23.5 Å². The summed E-state index contributed by atoms with van der Waals surface area (Å²) in [6, 6.07) is 3.02. The molecule has 0 spiro atoms. The predicted molar refractivity (Wildman–Crippen MR) is 66.8 cm³/mol. The summed E-state index contributed by atoms with van der Waals surface area (Å²) < 4.78 is 26.1. The molecule has 108 valence electrons. The van der Waals surface area contributed by atoms with Gasteiger partial charge in [-0.25, -0.2) is 8.78 Å². The highest BCUT2D eigenvalue weighted by Crippen LogP contribution is 2.41. The standard InChI is InChI=1S/C14H15F2NO3/c1-7(8-3-4-11(15)12(16)5-8)17(2)13(18)9-6-10(9)14(19)20/h3-5,7,9-10H,6H2,1-2H3,(H,19,20). The molecule has 0 saturated heterocycles. The molecule has 4 nitrogen and oxygen atoms in total. The number of aliphatic carboxylic acids is 1. The summed E-state index contributed by atoms with van der Waals surface area (Å²) >= 11 is 0. The SMILES string of the molecule is CC(c1ccc(F)c(F)c1)N(C)C(=O)C1CC1C(=O)O. The van der Waals surface area contributed by atoms with E-state index in [0.29, 0.717) is 12.0 Å². The number of amides is 1. The Kier molecular flexibility index (Phi) is 3.74. The van der Waals surface area contributed by atoms with Gasteiger partial charge in [0.25, 0.3) is 0 Å². The molecule has 1 amide bonds. The third kappa shape index (κ3) is 2.64. The summed E-state index contributed by atoms with van der Waals surface area (Å²) in [4.78, 5) is 24.2. The number of nitrogens with zero attached hydrogens (tertiary/aromatic N) is 1. The smallest absolute Gasteiger partial charge is 0.307 e. The fraction of sp³-hybridized carbons (Fsp3) is 0.429. The highest BCUT2D eigenvalue weighted by molar-refractivity contribution is 5.89. The zero-order chi connectivity index (χ0) is 15.0. The van der Waals surface area contributed by atoms with Crippen molar-refractivity contribution >= 4 is 11.9 Å². The molecule has 1 fully saturated rings. The van der Waals surface area contributed by atoms with E-state index in [0.717, 1.165) is 12.1 Å². The van der Waals surface area contributed by atoms with Crippen molar-refractivity contribution in [3.63, 3.8) is 0 Å². The third-order valence-corrected chi connectivity index (χ3v) is 3.78. The number of rotatable bonds is 4. The second kappa shape index (κ2) is 5.19. The molecule has 0 aromatic heterocycles. The molecule has 3 atom stereocenters. The van der Waals surface area contributed by atoms with E-state index < -0.39 is 35.5 Å². The number of benzene rings is 1. The number of halogens is 2. The van der Waals surface area contributed by atoms with Gasteiger partial charge >= 0.3 is 5.97 Å². The molecule has 0 aliphatic heterocycles. The van der Waals surface area contributed by atoms with Crippen LogP contribution in [0.1, 0.15) is 24.9 Å². The van der Waals surface area contributed by atoms with E-state index in [4.69, 9.17) is 5.11 Å². The van der Waals surface area contributed by atoms with Crippen molar-refractivity contribution < 1.29 is 23.5 Å². The van der Waals surface area contributed by atoms with Crippen molar-refractivity contribution in [1.29, 1.82) is 0 Å². The zero-order valence-electron chi connectivity index (χ0n) is 11.1. The van der Waals surface area contributed by atoms with Crippen LogP contribution >= 0.6 is 0 Å². The number of carbonyl (C=O) groups is 2. The first-order valence-corrected chi connectivity index (χ1v) is 6.27. The summed E-state index contributed by atoms with van der Waals surface area (Å²) in [6.45, 7) is 1.68. The van der Waals surface area contributed by atoms with E-state index in [-0.39, 0.29) is 5.91 Å². The minimum Gasteiger partial charge on any atom is -0.481 e. The van der Waals surface area contributed by atoms with Crippen molar-refractivity contribution in [2.45, 2.75) is 19.4 Å². The van der Waals surface area contributed by atoms with Crippen LogP contribution in [0.2, 0.25) is 0 Å². The van der Waals surface area contributed by atoms with Crippen LogP contribution < -0.4 is 0 Å². The zero-order valence-corrected chi connectivity index (χ0v) is 11.1. The molecular formula is C14H15F2NO3. The van der Waals surface area contributed by atoms with Gasteiger partial charge in [-0.3, -0.25) is 9.59 Å². The monoisotopic (exact) mass is 283 g/mol. The maximum atomic E-state index is 13.2. The number of hydrogen-bond donors (Lipinski definition) is 1. The molecular weight excluding hydrogens is 268 g/mol. The maximum Gasteiger partial charge on any atom is 0.307 e. The fourth-order valence-corrected chi connectivity index (χ4v) is 2.19. The summed E-state index contributed by atoms with van der Waals surface area (Å²) in [5.41, 5.74) is 0.465. The lowest BCUT2D eigenvalue weighted by molar-refractivity contribution is -0.142. The van der Waals surface area contributed by atoms with E-state index in [1.54, 1.807) is 6.92 Å². The first kappa shape index (κ1) is 14.4. The first-order chi connectivity index (χ1) is 9.32. The van der Waals surface area contributed by atoms with Crippen LogP contribution in [0.25, 0.3) is 0 Å². The molecule has 1 aliphatic rings. The van der Waals surface area contributed by atoms with E-state index >= 15 is 0 Å². The molecule has 0 bridgehead atoms. The lowest BCUT2D eigenvalue weighted by Gasteiger charge is -2.25. The van der Waals surface area contributed by atoms with Crippen molar-refractivity contribution in [1.82, 2.24) is 4.90 Å². The number of carboxylic acid groups (broad SMARTS) is 1. The first-order valence-electron chi connectivity index (χ1n) is 6.27. The predicted octanol–water partition coefficient (Wildman–Crippen LogP) is 2.20. The van der Waals surface area contributed by atoms with Crippen molar-refractivity contribution in [2.75, 3.05) is 7.05 Å². The van der Waals surface area contributed by atoms with Crippen LogP contribution in [0.4, 0.5) is 8.78 Å². The van der Waals surface area contributed by atoms with Gasteiger partial charge in [-0.1, -0.05) is 6.07 Å². The molecule has 1 saturated carbocycles. The number of carbonyl (C=O) groups excluding carboxylic acids is 1. The van der Waals surface area contributed by atoms with Crippen LogP contribution in [-0.4, -0.2) is 28.9 Å². The van der Waals surface area contributed by atoms with Crippen molar-refractivity contribution in [3.8, 4) is 0 Å². The largest absolute Gasteiger partial charge is 0.481 e. The highest BCUT2D eigenvalue weighted by atomic mass is 19.2. The van der Waals surface area contributed by atoms with Gasteiger partial charge in [0.1, 0.15) is 0 Å². The Bertz CT molecular complexity index is 561. The van der Waals surface area contributed by atoms with Gasteiger partial charge in [0.15, 0.2) is 11.6 Å². The van der Waals surface area contributed by atoms with E-state index in [1.165, 1.54) is 18.0 Å². The molecule has 20 heavy (non-hydrogen) atoms. The Balaban J connectivity index is 2.08. The Morgan fingerprint density at radius 2 is 1.95 bits per heavy atom. The topological polar surface area (TPSA) is 57.6 Å². The van der Waals surface area contributed by atoms with E-state index in [1.807, 2.05) is 0 Å². The fourth-order valence-electron chi connectivity index (χ4n) is 2.19. The van der Waals surface area contributed by atoms with Crippen LogP contribution in [0.15, 0.2) is 18.2 Å². The van der Waals surface area contributed by atoms with E-state index in [2.05, 4.69) is 0 Å². The number of hydrogen-bond acceptors (Lipinski definition) is 2. The average molecular weight is 283 g/mol. The quantitative estimate of drug-likeness (QED) is 0.921. The van der Waals surface area contributed by atoms with Gasteiger partial charge in [0, 0.05) is 7.05 Å². The summed E-state index contributed by atoms with van der Waals surface area (Å²) in [6.07, 6.45) is 0.336. The molecule has 1 aromatic carbocycles. The molecule has 6 heteroatoms. The van der Waals surface area contributed by atoms with Crippen LogP contribution in [0.3, 0.4) is 0 Å². The summed E-state index contributed by atoms with van der Waals surface area (Å²) in [5, 5.41) is 8.81. The van der Waals surface area contributed by atoms with Gasteiger partial charge in [0.2, 0.25) is 5.91 Å². The Morgan fingerprint density at radius 1 is 1.30 bits per heavy atom. The van der Waals surface area contributed by atoms with Crippen LogP contribution in [0.5, 0.6) is 0 Å². The Morgan fingerprint density at radius 3 is 2.45 bits per heavy atom. The summed E-state index contributed by atoms with van der Waals surface area (Å²) in [7, 11) is 1.53. The normalized spacial score (nSPS) is 22.2. The summed E-state index contributed by atoms with van der Waals surface area (Å²) in [5.74, 6) is -4.30. The van der Waals surface area contributed by atoms with Crippen LogP contribution in [-0.2, 0) is 9.59 Å². The molecule has 1 aliphatic carbocycles. The average Bonchev–Trinajstić information content (AvgIpc) is 3.19. The third-order valence-electron chi connectivity index (χ3n) is 3.78. The Hall–Kier alpha value is -1.98. The van der Waals surface area contributed by atoms with Crippen molar-refractivity contribution in [2.24, 2.45) is 11.8 Å². The molecule has 0 heterocycles.